The average molecular weight is 410 g/mol. The first-order valence-corrected chi connectivity index (χ1v) is 9.13. The molecule has 0 unspecified atom stereocenters. The number of halogens is 4. The summed E-state index contributed by atoms with van der Waals surface area (Å²) < 4.78 is 45.0. The van der Waals surface area contributed by atoms with E-state index in [1.807, 2.05) is 19.1 Å². The number of nitrogens with one attached hydrogen (secondary N) is 1. The van der Waals surface area contributed by atoms with E-state index in [1.54, 1.807) is 13.1 Å². The molecule has 0 saturated heterocycles. The number of aryl methyl sites for hydroxylation is 1. The monoisotopic (exact) mass is 409 g/mol. The molecule has 3 aromatic rings. The molecule has 2 aromatic carbocycles. The summed E-state index contributed by atoms with van der Waals surface area (Å²) in [5.41, 5.74) is 1.10. The highest BCUT2D eigenvalue weighted by atomic mass is 35.5. The summed E-state index contributed by atoms with van der Waals surface area (Å²) in [6.45, 7) is 2.04. The first kappa shape index (κ1) is 20.1. The van der Waals surface area contributed by atoms with Crippen molar-refractivity contribution in [3.8, 4) is 28.2 Å². The minimum atomic E-state index is -4.49. The Balaban J connectivity index is 2.16. The molecule has 0 aliphatic heterocycles. The number of benzene rings is 2. The molecule has 1 aromatic heterocycles. The Morgan fingerprint density at radius 3 is 2.50 bits per heavy atom. The van der Waals surface area contributed by atoms with Crippen LogP contribution >= 0.6 is 11.6 Å². The van der Waals surface area contributed by atoms with Crippen LogP contribution in [0.1, 0.15) is 24.5 Å². The van der Waals surface area contributed by atoms with Gasteiger partial charge in [-0.05, 0) is 47.9 Å². The summed E-state index contributed by atoms with van der Waals surface area (Å²) in [6, 6.07) is 10.1. The van der Waals surface area contributed by atoms with E-state index in [0.29, 0.717) is 10.6 Å². The predicted octanol–water partition coefficient (Wildman–Crippen LogP) is 6.99. The first-order valence-electron chi connectivity index (χ1n) is 8.75. The molecule has 2 N–H and O–H groups in total. The molecule has 7 heteroatoms. The SMILES string of the molecule is CCCc1cc(Cl)cc(-c2oc(NC)c(-c3cccc(C(F)(F)F)c3)c2O)c1. The number of aromatic hydroxyl groups is 1. The Labute approximate surface area is 165 Å². The largest absolute Gasteiger partial charge is 0.504 e. The number of anilines is 1. The highest BCUT2D eigenvalue weighted by Gasteiger charge is 2.31. The standard InChI is InChI=1S/C21H19ClF3NO2/c1-3-5-12-8-14(11-16(22)9-12)19-18(27)17(20(26-2)28-19)13-6-4-7-15(10-13)21(23,24)25/h4,6-11,26-27H,3,5H2,1-2H3. The van der Waals surface area contributed by atoms with E-state index in [2.05, 4.69) is 5.32 Å². The fourth-order valence-electron chi connectivity index (χ4n) is 3.13. The Hall–Kier alpha value is -2.60. The smallest absolute Gasteiger partial charge is 0.416 e. The van der Waals surface area contributed by atoms with Gasteiger partial charge in [0.2, 0.25) is 5.88 Å². The molecule has 3 rings (SSSR count). The Morgan fingerprint density at radius 1 is 1.11 bits per heavy atom. The van der Waals surface area contributed by atoms with E-state index >= 15 is 0 Å². The van der Waals surface area contributed by atoms with Gasteiger partial charge >= 0.3 is 6.18 Å². The molecule has 0 fully saturated rings. The van der Waals surface area contributed by atoms with Crippen molar-refractivity contribution in [1.82, 2.24) is 0 Å². The van der Waals surface area contributed by atoms with Gasteiger partial charge in [-0.15, -0.1) is 0 Å². The first-order chi connectivity index (χ1) is 13.2. The van der Waals surface area contributed by atoms with Gasteiger partial charge in [0.15, 0.2) is 11.5 Å². The van der Waals surface area contributed by atoms with Gasteiger partial charge < -0.3 is 14.8 Å². The summed E-state index contributed by atoms with van der Waals surface area (Å²) in [5.74, 6) is 0.0776. The normalized spacial score (nSPS) is 11.6. The van der Waals surface area contributed by atoms with Crippen molar-refractivity contribution in [2.24, 2.45) is 0 Å². The molecule has 148 valence electrons. The number of hydrogen-bond donors (Lipinski definition) is 2. The van der Waals surface area contributed by atoms with E-state index < -0.39 is 11.7 Å². The van der Waals surface area contributed by atoms with Crippen molar-refractivity contribution in [2.45, 2.75) is 25.9 Å². The van der Waals surface area contributed by atoms with E-state index in [1.165, 1.54) is 12.1 Å². The molecular formula is C21H19ClF3NO2. The fraction of sp³-hybridized carbons (Fsp3) is 0.238. The zero-order valence-corrected chi connectivity index (χ0v) is 16.1. The minimum absolute atomic E-state index is 0.150. The van der Waals surface area contributed by atoms with Gasteiger partial charge in [-0.25, -0.2) is 0 Å². The number of furan rings is 1. The zero-order chi connectivity index (χ0) is 20.5. The van der Waals surface area contributed by atoms with Crippen LogP contribution in [0.3, 0.4) is 0 Å². The highest BCUT2D eigenvalue weighted by molar-refractivity contribution is 6.31. The molecule has 0 spiro atoms. The van der Waals surface area contributed by atoms with Crippen LogP contribution in [0.5, 0.6) is 5.75 Å². The third-order valence-electron chi connectivity index (χ3n) is 4.35. The molecule has 28 heavy (non-hydrogen) atoms. The Bertz CT molecular complexity index is 996. The van der Waals surface area contributed by atoms with Crippen LogP contribution < -0.4 is 5.32 Å². The lowest BCUT2D eigenvalue weighted by molar-refractivity contribution is -0.137. The topological polar surface area (TPSA) is 45.4 Å². The zero-order valence-electron chi connectivity index (χ0n) is 15.3. The Kier molecular flexibility index (Phi) is 5.61. The maximum Gasteiger partial charge on any atom is 0.416 e. The van der Waals surface area contributed by atoms with Crippen LogP contribution in [0.25, 0.3) is 22.5 Å². The predicted molar refractivity (Wildman–Crippen MR) is 105 cm³/mol. The van der Waals surface area contributed by atoms with Gasteiger partial charge in [0.25, 0.3) is 0 Å². The molecule has 0 saturated carbocycles. The molecule has 3 nitrogen and oxygen atoms in total. The summed E-state index contributed by atoms with van der Waals surface area (Å²) in [7, 11) is 1.57. The Morgan fingerprint density at radius 2 is 1.86 bits per heavy atom. The van der Waals surface area contributed by atoms with Gasteiger partial charge in [0.1, 0.15) is 0 Å². The van der Waals surface area contributed by atoms with Crippen molar-refractivity contribution < 1.29 is 22.7 Å². The van der Waals surface area contributed by atoms with Gasteiger partial charge in [-0.1, -0.05) is 37.1 Å². The average Bonchev–Trinajstić information content (AvgIpc) is 2.97. The van der Waals surface area contributed by atoms with Gasteiger partial charge in [0.05, 0.1) is 11.1 Å². The van der Waals surface area contributed by atoms with Crippen LogP contribution in [0, 0.1) is 0 Å². The molecule has 0 bridgehead atoms. The molecule has 0 aliphatic rings. The second kappa shape index (κ2) is 7.80. The van der Waals surface area contributed by atoms with Gasteiger partial charge in [-0.3, -0.25) is 0 Å². The maximum absolute atomic E-state index is 13.1. The second-order valence-electron chi connectivity index (χ2n) is 6.41. The molecular weight excluding hydrogens is 391 g/mol. The quantitative estimate of drug-likeness (QED) is 0.477. The van der Waals surface area contributed by atoms with E-state index in [-0.39, 0.29) is 28.5 Å². The van der Waals surface area contributed by atoms with Crippen molar-refractivity contribution in [2.75, 3.05) is 12.4 Å². The van der Waals surface area contributed by atoms with Crippen molar-refractivity contribution in [3.05, 3.63) is 58.6 Å². The summed E-state index contributed by atoms with van der Waals surface area (Å²) >= 11 is 6.19. The fourth-order valence-corrected chi connectivity index (χ4v) is 3.39. The third kappa shape index (κ3) is 3.97. The van der Waals surface area contributed by atoms with E-state index in [4.69, 9.17) is 16.0 Å². The van der Waals surface area contributed by atoms with Crippen LogP contribution in [0.2, 0.25) is 5.02 Å². The lowest BCUT2D eigenvalue weighted by Crippen LogP contribution is -2.04. The summed E-state index contributed by atoms with van der Waals surface area (Å²) in [5, 5.41) is 14.1. The van der Waals surface area contributed by atoms with Crippen LogP contribution in [0.15, 0.2) is 46.9 Å². The molecule has 0 aliphatic carbocycles. The summed E-state index contributed by atoms with van der Waals surface area (Å²) in [4.78, 5) is 0. The number of rotatable bonds is 5. The van der Waals surface area contributed by atoms with Crippen LogP contribution in [-0.2, 0) is 12.6 Å². The van der Waals surface area contributed by atoms with Gasteiger partial charge in [0, 0.05) is 17.6 Å². The van der Waals surface area contributed by atoms with E-state index in [0.717, 1.165) is 30.5 Å². The molecule has 1 heterocycles. The van der Waals surface area contributed by atoms with E-state index in [9.17, 15) is 18.3 Å². The molecule has 0 amide bonds. The summed E-state index contributed by atoms with van der Waals surface area (Å²) in [6.07, 6.45) is -2.77. The molecule has 0 radical (unpaired) electrons. The maximum atomic E-state index is 13.1. The number of alkyl halides is 3. The van der Waals surface area contributed by atoms with Crippen molar-refractivity contribution in [1.29, 1.82) is 0 Å². The van der Waals surface area contributed by atoms with Crippen LogP contribution in [0.4, 0.5) is 19.1 Å². The third-order valence-corrected chi connectivity index (χ3v) is 4.57. The minimum Gasteiger partial charge on any atom is -0.504 e. The van der Waals surface area contributed by atoms with Crippen molar-refractivity contribution in [3.63, 3.8) is 0 Å². The van der Waals surface area contributed by atoms with Gasteiger partial charge in [-0.2, -0.15) is 13.2 Å². The molecule has 0 atom stereocenters. The lowest BCUT2D eigenvalue weighted by Gasteiger charge is -2.09. The lowest BCUT2D eigenvalue weighted by atomic mass is 10.0. The van der Waals surface area contributed by atoms with Crippen molar-refractivity contribution >= 4 is 17.5 Å². The highest BCUT2D eigenvalue weighted by Crippen LogP contribution is 2.47. The second-order valence-corrected chi connectivity index (χ2v) is 6.85. The van der Waals surface area contributed by atoms with Crippen LogP contribution in [-0.4, -0.2) is 12.2 Å². The number of hydrogen-bond acceptors (Lipinski definition) is 3.